The number of carbonyl (C=O) groups is 1. The summed E-state index contributed by atoms with van der Waals surface area (Å²) < 4.78 is 0. The van der Waals surface area contributed by atoms with Crippen molar-refractivity contribution in [1.82, 2.24) is 0 Å². The fourth-order valence-electron chi connectivity index (χ4n) is 1.11. The average Bonchev–Trinajstić information content (AvgIpc) is 2.16. The zero-order valence-electron chi connectivity index (χ0n) is 7.88. The minimum absolute atomic E-state index is 0.124. The van der Waals surface area contributed by atoms with Gasteiger partial charge < -0.3 is 0 Å². The van der Waals surface area contributed by atoms with Crippen molar-refractivity contribution in [3.8, 4) is 0 Å². The number of thioether (sulfide) groups is 1. The zero-order valence-corrected chi connectivity index (χ0v) is 10.2. The van der Waals surface area contributed by atoms with E-state index < -0.39 is 5.38 Å². The predicted octanol–water partition coefficient (Wildman–Crippen LogP) is 3.87. The lowest BCUT2D eigenvalue weighted by Crippen LogP contribution is -2.12. The zero-order chi connectivity index (χ0) is 10.7. The molecular weight excluding hydrogens is 239 g/mol. The molecule has 0 radical (unpaired) electrons. The lowest BCUT2D eigenvalue weighted by Gasteiger charge is -2.09. The summed E-state index contributed by atoms with van der Waals surface area (Å²) in [6.45, 7) is 1.65. The second-order valence-corrected chi connectivity index (χ2v) is 4.71. The molecule has 0 saturated carbocycles. The van der Waals surface area contributed by atoms with E-state index in [9.17, 15) is 4.79 Å². The van der Waals surface area contributed by atoms with Gasteiger partial charge in [0.1, 0.15) is 0 Å². The average molecular weight is 249 g/mol. The van der Waals surface area contributed by atoms with Crippen molar-refractivity contribution in [2.75, 3.05) is 6.26 Å². The molecule has 4 heteroatoms. The molecule has 76 valence electrons. The maximum Gasteiger partial charge on any atom is 0.183 e. The highest BCUT2D eigenvalue weighted by Gasteiger charge is 2.18. The molecule has 0 bridgehead atoms. The summed E-state index contributed by atoms with van der Waals surface area (Å²) in [5, 5.41) is -0.0739. The Morgan fingerprint density at radius 3 is 2.64 bits per heavy atom. The van der Waals surface area contributed by atoms with Crippen LogP contribution in [-0.2, 0) is 0 Å². The molecule has 0 aromatic heterocycles. The fourth-order valence-corrected chi connectivity index (χ4v) is 2.17. The molecular formula is C10H10Cl2OS. The number of benzene rings is 1. The molecule has 14 heavy (non-hydrogen) atoms. The van der Waals surface area contributed by atoms with Crippen molar-refractivity contribution in [3.05, 3.63) is 28.8 Å². The van der Waals surface area contributed by atoms with Crippen LogP contribution in [0, 0.1) is 0 Å². The maximum atomic E-state index is 11.7. The van der Waals surface area contributed by atoms with E-state index in [1.54, 1.807) is 13.0 Å². The Morgan fingerprint density at radius 2 is 2.14 bits per heavy atom. The quantitative estimate of drug-likeness (QED) is 0.459. The molecule has 0 N–H and O–H groups in total. The van der Waals surface area contributed by atoms with Crippen molar-refractivity contribution in [1.29, 1.82) is 0 Å². The Morgan fingerprint density at radius 1 is 1.50 bits per heavy atom. The van der Waals surface area contributed by atoms with Crippen molar-refractivity contribution in [3.63, 3.8) is 0 Å². The third-order valence-electron chi connectivity index (χ3n) is 1.80. The van der Waals surface area contributed by atoms with Crippen LogP contribution < -0.4 is 0 Å². The molecule has 0 amide bonds. The smallest absolute Gasteiger partial charge is 0.183 e. The highest BCUT2D eigenvalue weighted by atomic mass is 35.5. The molecule has 0 aliphatic carbocycles. The van der Waals surface area contributed by atoms with Crippen LogP contribution in [0.5, 0.6) is 0 Å². The molecule has 0 saturated heterocycles. The maximum absolute atomic E-state index is 11.7. The summed E-state index contributed by atoms with van der Waals surface area (Å²) in [6, 6.07) is 5.39. The number of Topliss-reactive ketones (excluding diaryl/α,β-unsaturated/α-hetero) is 1. The minimum atomic E-state index is -0.541. The van der Waals surface area contributed by atoms with E-state index >= 15 is 0 Å². The van der Waals surface area contributed by atoms with Gasteiger partial charge in [0.2, 0.25) is 0 Å². The Bertz CT molecular complexity index is 350. The molecule has 0 spiro atoms. The van der Waals surface area contributed by atoms with Gasteiger partial charge in [0.15, 0.2) is 5.78 Å². The Balaban J connectivity index is 3.23. The normalized spacial score (nSPS) is 12.6. The number of hydrogen-bond donors (Lipinski definition) is 0. The monoisotopic (exact) mass is 248 g/mol. The van der Waals surface area contributed by atoms with Gasteiger partial charge in [-0.1, -0.05) is 17.7 Å². The van der Waals surface area contributed by atoms with E-state index in [1.807, 2.05) is 18.4 Å². The van der Waals surface area contributed by atoms with Crippen LogP contribution in [0.1, 0.15) is 17.3 Å². The molecule has 1 unspecified atom stereocenters. The third-order valence-corrected chi connectivity index (χ3v) is 3.10. The van der Waals surface area contributed by atoms with Gasteiger partial charge >= 0.3 is 0 Å². The van der Waals surface area contributed by atoms with Gasteiger partial charge in [0, 0.05) is 4.90 Å². The summed E-state index contributed by atoms with van der Waals surface area (Å²) >= 11 is 13.2. The fraction of sp³-hybridized carbons (Fsp3) is 0.300. The van der Waals surface area contributed by atoms with Crippen LogP contribution in [0.3, 0.4) is 0 Å². The summed E-state index contributed by atoms with van der Waals surface area (Å²) in [7, 11) is 0. The Kier molecular flexibility index (Phi) is 4.30. The van der Waals surface area contributed by atoms with Gasteiger partial charge in [-0.2, -0.15) is 0 Å². The standard InChI is InChI=1S/C10H10Cl2OS/c1-6(11)10(13)9-7(12)4-3-5-8(9)14-2/h3-6H,1-2H3. The summed E-state index contributed by atoms with van der Waals surface area (Å²) in [4.78, 5) is 12.6. The number of halogens is 2. The van der Waals surface area contributed by atoms with Gasteiger partial charge in [-0.05, 0) is 25.3 Å². The van der Waals surface area contributed by atoms with Crippen LogP contribution in [0.2, 0.25) is 5.02 Å². The van der Waals surface area contributed by atoms with E-state index in [0.29, 0.717) is 10.6 Å². The van der Waals surface area contributed by atoms with Crippen LogP contribution in [0.4, 0.5) is 0 Å². The lowest BCUT2D eigenvalue weighted by molar-refractivity contribution is 0.0989. The molecule has 1 rings (SSSR count). The van der Waals surface area contributed by atoms with Gasteiger partial charge in [0.05, 0.1) is 16.0 Å². The van der Waals surface area contributed by atoms with Gasteiger partial charge in [-0.25, -0.2) is 0 Å². The van der Waals surface area contributed by atoms with E-state index in [4.69, 9.17) is 23.2 Å². The Labute approximate surface area is 97.8 Å². The molecule has 0 aliphatic heterocycles. The number of hydrogen-bond acceptors (Lipinski definition) is 2. The summed E-state index contributed by atoms with van der Waals surface area (Å²) in [5.41, 5.74) is 0.532. The topological polar surface area (TPSA) is 17.1 Å². The molecule has 1 nitrogen and oxygen atoms in total. The van der Waals surface area contributed by atoms with Crippen molar-refractivity contribution in [2.24, 2.45) is 0 Å². The second-order valence-electron chi connectivity index (χ2n) is 2.80. The third kappa shape index (κ3) is 2.44. The van der Waals surface area contributed by atoms with Crippen molar-refractivity contribution in [2.45, 2.75) is 17.2 Å². The second kappa shape index (κ2) is 5.06. The molecule has 0 aliphatic rings. The molecule has 0 heterocycles. The van der Waals surface area contributed by atoms with Crippen LogP contribution in [0.25, 0.3) is 0 Å². The first kappa shape index (κ1) is 11.9. The largest absolute Gasteiger partial charge is 0.292 e. The minimum Gasteiger partial charge on any atom is -0.292 e. The first-order valence-electron chi connectivity index (χ1n) is 4.08. The lowest BCUT2D eigenvalue weighted by atomic mass is 10.1. The highest BCUT2D eigenvalue weighted by Crippen LogP contribution is 2.28. The van der Waals surface area contributed by atoms with Gasteiger partial charge in [-0.15, -0.1) is 23.4 Å². The number of alkyl halides is 1. The first-order valence-corrected chi connectivity index (χ1v) is 6.12. The molecule has 1 aromatic carbocycles. The molecule has 1 aromatic rings. The first-order chi connectivity index (χ1) is 6.57. The van der Waals surface area contributed by atoms with Gasteiger partial charge in [0.25, 0.3) is 0 Å². The van der Waals surface area contributed by atoms with Crippen LogP contribution in [-0.4, -0.2) is 17.4 Å². The van der Waals surface area contributed by atoms with E-state index in [-0.39, 0.29) is 5.78 Å². The van der Waals surface area contributed by atoms with Crippen LogP contribution in [0.15, 0.2) is 23.1 Å². The highest BCUT2D eigenvalue weighted by molar-refractivity contribution is 7.98. The molecule has 0 fully saturated rings. The van der Waals surface area contributed by atoms with E-state index in [0.717, 1.165) is 4.90 Å². The number of carbonyl (C=O) groups excluding carboxylic acids is 1. The molecule has 1 atom stereocenters. The van der Waals surface area contributed by atoms with Gasteiger partial charge in [-0.3, -0.25) is 4.79 Å². The van der Waals surface area contributed by atoms with E-state index in [1.165, 1.54) is 11.8 Å². The number of ketones is 1. The van der Waals surface area contributed by atoms with E-state index in [2.05, 4.69) is 0 Å². The SMILES string of the molecule is CSc1cccc(Cl)c1C(=O)C(C)Cl. The van der Waals surface area contributed by atoms with Crippen LogP contribution >= 0.6 is 35.0 Å². The summed E-state index contributed by atoms with van der Waals surface area (Å²) in [5.74, 6) is -0.124. The Hall–Kier alpha value is -0.180. The number of rotatable bonds is 3. The van der Waals surface area contributed by atoms with Crippen molar-refractivity contribution >= 4 is 40.7 Å². The predicted molar refractivity (Wildman–Crippen MR) is 62.9 cm³/mol. The van der Waals surface area contributed by atoms with Crippen molar-refractivity contribution < 1.29 is 4.79 Å². The summed E-state index contributed by atoms with van der Waals surface area (Å²) in [6.07, 6.45) is 1.90.